The van der Waals surface area contributed by atoms with Gasteiger partial charge >= 0.3 is 0 Å². The van der Waals surface area contributed by atoms with Crippen LogP contribution in [0, 0.1) is 11.6 Å². The number of rotatable bonds is 6. The minimum atomic E-state index is -0.714. The van der Waals surface area contributed by atoms with Crippen LogP contribution in [0.5, 0.6) is 0 Å². The minimum Gasteiger partial charge on any atom is -0.419 e. The Hall–Kier alpha value is -3.37. The van der Waals surface area contributed by atoms with Crippen molar-refractivity contribution < 1.29 is 13.2 Å². The van der Waals surface area contributed by atoms with Crippen LogP contribution in [0.4, 0.5) is 8.78 Å². The molecule has 3 aromatic heterocycles. The van der Waals surface area contributed by atoms with Gasteiger partial charge in [0.15, 0.2) is 11.0 Å². The van der Waals surface area contributed by atoms with E-state index in [-0.39, 0.29) is 10.9 Å². The molecule has 0 saturated carbocycles. The standard InChI is InChI=1S/C22H15F2N5OS2/c1-13(20-26-27-21(30-20)18-8-5-11-31-18)32-22-28-25-19(14-6-3-2-4-7-14)29(22)17-10-9-15(23)12-16(17)24/h2-13H,1H3. The summed E-state index contributed by atoms with van der Waals surface area (Å²) in [7, 11) is 0. The normalized spacial score (nSPS) is 12.2. The Morgan fingerprint density at radius 1 is 0.969 bits per heavy atom. The van der Waals surface area contributed by atoms with E-state index < -0.39 is 11.6 Å². The number of hydrogen-bond acceptors (Lipinski definition) is 7. The summed E-state index contributed by atoms with van der Waals surface area (Å²) < 4.78 is 35.7. The summed E-state index contributed by atoms with van der Waals surface area (Å²) in [4.78, 5) is 0.879. The van der Waals surface area contributed by atoms with Crippen molar-refractivity contribution in [2.24, 2.45) is 0 Å². The topological polar surface area (TPSA) is 69.6 Å². The van der Waals surface area contributed by atoms with E-state index in [0.29, 0.717) is 22.8 Å². The smallest absolute Gasteiger partial charge is 0.257 e. The molecule has 32 heavy (non-hydrogen) atoms. The van der Waals surface area contributed by atoms with Crippen LogP contribution >= 0.6 is 23.1 Å². The molecule has 2 aromatic carbocycles. The van der Waals surface area contributed by atoms with Gasteiger partial charge in [0.2, 0.25) is 5.89 Å². The van der Waals surface area contributed by atoms with Gasteiger partial charge in [-0.1, -0.05) is 48.2 Å². The van der Waals surface area contributed by atoms with Crippen molar-refractivity contribution in [3.8, 4) is 27.8 Å². The fourth-order valence-electron chi connectivity index (χ4n) is 3.11. The summed E-state index contributed by atoms with van der Waals surface area (Å²) in [5.41, 5.74) is 0.899. The van der Waals surface area contributed by atoms with Gasteiger partial charge in [-0.2, -0.15) is 0 Å². The highest BCUT2D eigenvalue weighted by atomic mass is 32.2. The lowest BCUT2D eigenvalue weighted by molar-refractivity contribution is 0.510. The second-order valence-corrected chi connectivity index (χ2v) is 9.04. The Balaban J connectivity index is 1.53. The van der Waals surface area contributed by atoms with E-state index in [2.05, 4.69) is 20.4 Å². The fraction of sp³-hybridized carbons (Fsp3) is 0.0909. The number of benzene rings is 2. The number of nitrogens with zero attached hydrogens (tertiary/aromatic N) is 5. The zero-order valence-electron chi connectivity index (χ0n) is 16.6. The maximum atomic E-state index is 14.7. The van der Waals surface area contributed by atoms with E-state index in [4.69, 9.17) is 4.42 Å². The number of hydrogen-bond donors (Lipinski definition) is 0. The summed E-state index contributed by atoms with van der Waals surface area (Å²) in [6.07, 6.45) is 0. The van der Waals surface area contributed by atoms with Gasteiger partial charge in [-0.3, -0.25) is 4.57 Å². The monoisotopic (exact) mass is 467 g/mol. The molecule has 0 N–H and O–H groups in total. The van der Waals surface area contributed by atoms with Crippen LogP contribution in [0.15, 0.2) is 75.6 Å². The first kappa shape index (κ1) is 20.5. The lowest BCUT2D eigenvalue weighted by Gasteiger charge is -2.13. The third kappa shape index (κ3) is 3.94. The molecule has 0 aliphatic carbocycles. The Morgan fingerprint density at radius 2 is 1.81 bits per heavy atom. The van der Waals surface area contributed by atoms with E-state index in [0.717, 1.165) is 16.5 Å². The van der Waals surface area contributed by atoms with Crippen LogP contribution in [0.25, 0.3) is 27.8 Å². The molecule has 0 bridgehead atoms. The van der Waals surface area contributed by atoms with Crippen molar-refractivity contribution in [2.75, 3.05) is 0 Å². The fourth-order valence-corrected chi connectivity index (χ4v) is 4.64. The zero-order chi connectivity index (χ0) is 22.1. The molecule has 5 aromatic rings. The molecule has 0 amide bonds. The SMILES string of the molecule is CC(Sc1nnc(-c2ccccc2)n1-c1ccc(F)cc1F)c1nnc(-c2cccs2)o1. The third-order valence-corrected chi connectivity index (χ3v) is 6.51. The number of thiophene rings is 1. The van der Waals surface area contributed by atoms with E-state index in [9.17, 15) is 8.78 Å². The highest BCUT2D eigenvalue weighted by Gasteiger charge is 2.24. The van der Waals surface area contributed by atoms with Crippen LogP contribution in [-0.4, -0.2) is 25.0 Å². The Labute approximate surface area is 190 Å². The summed E-state index contributed by atoms with van der Waals surface area (Å²) in [5, 5.41) is 18.9. The summed E-state index contributed by atoms with van der Waals surface area (Å²) >= 11 is 2.80. The molecule has 1 atom stereocenters. The van der Waals surface area contributed by atoms with Crippen LogP contribution in [0.1, 0.15) is 18.1 Å². The van der Waals surface area contributed by atoms with Crippen molar-refractivity contribution in [2.45, 2.75) is 17.3 Å². The van der Waals surface area contributed by atoms with Gasteiger partial charge in [0, 0.05) is 11.6 Å². The van der Waals surface area contributed by atoms with Gasteiger partial charge in [-0.05, 0) is 30.5 Å². The molecule has 0 aliphatic rings. The average Bonchev–Trinajstić information content (AvgIpc) is 3.55. The van der Waals surface area contributed by atoms with Gasteiger partial charge in [-0.25, -0.2) is 8.78 Å². The van der Waals surface area contributed by atoms with Crippen LogP contribution in [0.3, 0.4) is 0 Å². The van der Waals surface area contributed by atoms with Gasteiger partial charge in [0.1, 0.15) is 11.6 Å². The molecule has 5 rings (SSSR count). The van der Waals surface area contributed by atoms with Crippen molar-refractivity contribution >= 4 is 23.1 Å². The predicted octanol–water partition coefficient (Wildman–Crippen LogP) is 6.18. The van der Waals surface area contributed by atoms with E-state index >= 15 is 0 Å². The maximum absolute atomic E-state index is 14.7. The minimum absolute atomic E-state index is 0.148. The van der Waals surface area contributed by atoms with Gasteiger partial charge in [0.05, 0.1) is 15.8 Å². The maximum Gasteiger partial charge on any atom is 0.257 e. The molecule has 6 nitrogen and oxygen atoms in total. The lowest BCUT2D eigenvalue weighted by Crippen LogP contribution is -2.04. The Bertz CT molecular complexity index is 1350. The van der Waals surface area contributed by atoms with Crippen LogP contribution < -0.4 is 0 Å². The number of thioether (sulfide) groups is 1. The lowest BCUT2D eigenvalue weighted by atomic mass is 10.2. The Kier molecular flexibility index (Phi) is 5.54. The molecule has 1 unspecified atom stereocenters. The van der Waals surface area contributed by atoms with Crippen molar-refractivity contribution in [1.29, 1.82) is 0 Å². The molecule has 160 valence electrons. The molecule has 3 heterocycles. The van der Waals surface area contributed by atoms with Crippen molar-refractivity contribution in [3.05, 3.63) is 83.6 Å². The first-order valence-corrected chi connectivity index (χ1v) is 11.4. The number of aromatic nitrogens is 5. The van der Waals surface area contributed by atoms with Crippen LogP contribution in [0.2, 0.25) is 0 Å². The molecule has 0 saturated heterocycles. The first-order chi connectivity index (χ1) is 15.6. The van der Waals surface area contributed by atoms with Gasteiger partial charge < -0.3 is 4.42 Å². The molecule has 0 spiro atoms. The van der Waals surface area contributed by atoms with Gasteiger partial charge in [-0.15, -0.1) is 31.7 Å². The third-order valence-electron chi connectivity index (χ3n) is 4.62. The van der Waals surface area contributed by atoms with Crippen molar-refractivity contribution in [1.82, 2.24) is 25.0 Å². The molecule has 0 fully saturated rings. The van der Waals surface area contributed by atoms with Gasteiger partial charge in [0.25, 0.3) is 5.89 Å². The molecular weight excluding hydrogens is 452 g/mol. The first-order valence-electron chi connectivity index (χ1n) is 9.60. The number of halogens is 2. The predicted molar refractivity (Wildman–Crippen MR) is 119 cm³/mol. The van der Waals surface area contributed by atoms with E-state index in [1.807, 2.05) is 54.8 Å². The summed E-state index contributed by atoms with van der Waals surface area (Å²) in [6.45, 7) is 1.89. The molecule has 10 heteroatoms. The summed E-state index contributed by atoms with van der Waals surface area (Å²) in [5.74, 6) is -0.0766. The second-order valence-electron chi connectivity index (χ2n) is 6.79. The van der Waals surface area contributed by atoms with E-state index in [1.54, 1.807) is 4.57 Å². The average molecular weight is 468 g/mol. The highest BCUT2D eigenvalue weighted by molar-refractivity contribution is 7.99. The quantitative estimate of drug-likeness (QED) is 0.278. The Morgan fingerprint density at radius 3 is 2.56 bits per heavy atom. The zero-order valence-corrected chi connectivity index (χ0v) is 18.3. The molecular formula is C22H15F2N5OS2. The molecule has 0 radical (unpaired) electrons. The summed E-state index contributed by atoms with van der Waals surface area (Å²) in [6, 6.07) is 16.5. The largest absolute Gasteiger partial charge is 0.419 e. The highest BCUT2D eigenvalue weighted by Crippen LogP contribution is 2.38. The second kappa shape index (κ2) is 8.64. The van der Waals surface area contributed by atoms with E-state index in [1.165, 1.54) is 35.2 Å². The van der Waals surface area contributed by atoms with Crippen molar-refractivity contribution in [3.63, 3.8) is 0 Å². The molecule has 0 aliphatic heterocycles. The van der Waals surface area contributed by atoms with Crippen LogP contribution in [-0.2, 0) is 0 Å².